The second-order valence-electron chi connectivity index (χ2n) is 2.27. The van der Waals surface area contributed by atoms with E-state index in [2.05, 4.69) is 0 Å². The number of nitrogens with one attached hydrogen (secondary N) is 1. The van der Waals surface area contributed by atoms with Crippen LogP contribution in [-0.2, 0) is 0 Å². The van der Waals surface area contributed by atoms with Gasteiger partial charge >= 0.3 is 6.18 Å². The van der Waals surface area contributed by atoms with E-state index in [9.17, 15) is 13.2 Å². The fraction of sp³-hybridized carbons (Fsp3) is 0.333. The SMILES string of the molecule is NNC(c1sccc1Cl)C(F)(F)F. The molecule has 0 saturated carbocycles. The van der Waals surface area contributed by atoms with Crippen LogP contribution >= 0.6 is 22.9 Å². The smallest absolute Gasteiger partial charge is 0.271 e. The standard InChI is InChI=1S/C6H6ClF3N2S/c7-3-1-2-13-4(3)5(12-11)6(8,9)10/h1-2,5,12H,11H2. The fourth-order valence-electron chi connectivity index (χ4n) is 0.830. The molecule has 1 unspecified atom stereocenters. The average molecular weight is 231 g/mol. The Balaban J connectivity index is 2.98. The van der Waals surface area contributed by atoms with Crippen LogP contribution in [0, 0.1) is 0 Å². The molecule has 1 rings (SSSR count). The van der Waals surface area contributed by atoms with Gasteiger partial charge in [0.2, 0.25) is 0 Å². The number of rotatable bonds is 2. The lowest BCUT2D eigenvalue weighted by Crippen LogP contribution is -2.38. The van der Waals surface area contributed by atoms with Crippen LogP contribution in [0.3, 0.4) is 0 Å². The van der Waals surface area contributed by atoms with Crippen molar-refractivity contribution in [3.05, 3.63) is 21.3 Å². The van der Waals surface area contributed by atoms with Gasteiger partial charge in [0.15, 0.2) is 6.04 Å². The molecule has 0 aromatic carbocycles. The zero-order valence-electron chi connectivity index (χ0n) is 6.23. The molecule has 0 amide bonds. The minimum atomic E-state index is -4.43. The second kappa shape index (κ2) is 3.83. The van der Waals surface area contributed by atoms with E-state index < -0.39 is 12.2 Å². The number of thiophene rings is 1. The first-order chi connectivity index (χ1) is 5.96. The molecule has 1 heterocycles. The Labute approximate surface area is 81.5 Å². The third-order valence-corrected chi connectivity index (χ3v) is 2.82. The quantitative estimate of drug-likeness (QED) is 0.605. The van der Waals surface area contributed by atoms with Crippen molar-refractivity contribution in [3.63, 3.8) is 0 Å². The summed E-state index contributed by atoms with van der Waals surface area (Å²) in [4.78, 5) is -0.0170. The lowest BCUT2D eigenvalue weighted by atomic mass is 10.2. The monoisotopic (exact) mass is 230 g/mol. The summed E-state index contributed by atoms with van der Waals surface area (Å²) in [5.74, 6) is 4.80. The van der Waals surface area contributed by atoms with Crippen molar-refractivity contribution in [3.8, 4) is 0 Å². The van der Waals surface area contributed by atoms with E-state index in [-0.39, 0.29) is 9.90 Å². The molecule has 0 spiro atoms. The summed E-state index contributed by atoms with van der Waals surface area (Å²) in [6.45, 7) is 0. The van der Waals surface area contributed by atoms with E-state index in [0.717, 1.165) is 11.3 Å². The highest BCUT2D eigenvalue weighted by atomic mass is 35.5. The van der Waals surface area contributed by atoms with Gasteiger partial charge in [-0.15, -0.1) is 11.3 Å². The number of hydrogen-bond acceptors (Lipinski definition) is 3. The Morgan fingerprint density at radius 2 is 2.15 bits per heavy atom. The maximum Gasteiger partial charge on any atom is 0.410 e. The van der Waals surface area contributed by atoms with Gasteiger partial charge in [0.25, 0.3) is 0 Å². The molecule has 0 aliphatic rings. The van der Waals surface area contributed by atoms with E-state index >= 15 is 0 Å². The molecule has 0 bridgehead atoms. The van der Waals surface area contributed by atoms with E-state index in [4.69, 9.17) is 17.4 Å². The second-order valence-corrected chi connectivity index (χ2v) is 3.63. The van der Waals surface area contributed by atoms with Crippen molar-refractivity contribution in [1.82, 2.24) is 5.43 Å². The number of hydrazine groups is 1. The van der Waals surface area contributed by atoms with Crippen LogP contribution < -0.4 is 11.3 Å². The zero-order chi connectivity index (χ0) is 10.1. The Bertz CT molecular complexity index is 286. The van der Waals surface area contributed by atoms with Crippen molar-refractivity contribution in [2.75, 3.05) is 0 Å². The van der Waals surface area contributed by atoms with Gasteiger partial charge in [-0.2, -0.15) is 13.2 Å². The van der Waals surface area contributed by atoms with Crippen molar-refractivity contribution >= 4 is 22.9 Å². The van der Waals surface area contributed by atoms with Gasteiger partial charge < -0.3 is 0 Å². The lowest BCUT2D eigenvalue weighted by molar-refractivity contribution is -0.157. The van der Waals surface area contributed by atoms with Gasteiger partial charge in [0, 0.05) is 0 Å². The van der Waals surface area contributed by atoms with E-state index in [1.54, 1.807) is 5.43 Å². The fourth-order valence-corrected chi connectivity index (χ4v) is 2.08. The summed E-state index contributed by atoms with van der Waals surface area (Å²) in [6.07, 6.45) is -4.43. The molecule has 0 radical (unpaired) electrons. The summed E-state index contributed by atoms with van der Waals surface area (Å²) < 4.78 is 36.8. The lowest BCUT2D eigenvalue weighted by Gasteiger charge is -2.18. The van der Waals surface area contributed by atoms with Crippen LogP contribution in [0.15, 0.2) is 11.4 Å². The first-order valence-corrected chi connectivity index (χ1v) is 4.48. The van der Waals surface area contributed by atoms with Crippen LogP contribution in [0.4, 0.5) is 13.2 Å². The predicted molar refractivity (Wildman–Crippen MR) is 45.4 cm³/mol. The number of halogens is 4. The molecule has 0 saturated heterocycles. The topological polar surface area (TPSA) is 38.0 Å². The summed E-state index contributed by atoms with van der Waals surface area (Å²) in [5.41, 5.74) is 1.69. The Morgan fingerprint density at radius 3 is 2.46 bits per heavy atom. The molecule has 2 nitrogen and oxygen atoms in total. The molecule has 1 atom stereocenters. The highest BCUT2D eigenvalue weighted by molar-refractivity contribution is 7.10. The van der Waals surface area contributed by atoms with Crippen LogP contribution in [0.25, 0.3) is 0 Å². The summed E-state index contributed by atoms with van der Waals surface area (Å²) in [7, 11) is 0. The average Bonchev–Trinajstić information content (AvgIpc) is 2.35. The van der Waals surface area contributed by atoms with E-state index in [1.807, 2.05) is 0 Å². The maximum absolute atomic E-state index is 12.3. The maximum atomic E-state index is 12.3. The van der Waals surface area contributed by atoms with Crippen LogP contribution in [0.1, 0.15) is 10.9 Å². The minimum Gasteiger partial charge on any atom is -0.271 e. The van der Waals surface area contributed by atoms with Crippen molar-refractivity contribution < 1.29 is 13.2 Å². The molecule has 7 heteroatoms. The third kappa shape index (κ3) is 2.34. The normalized spacial score (nSPS) is 14.5. The summed E-state index contributed by atoms with van der Waals surface area (Å²) >= 11 is 6.45. The molecule has 3 N–H and O–H groups in total. The number of alkyl halides is 3. The first kappa shape index (κ1) is 10.8. The molecule has 74 valence electrons. The Hall–Kier alpha value is -0.300. The third-order valence-electron chi connectivity index (χ3n) is 1.40. The largest absolute Gasteiger partial charge is 0.410 e. The van der Waals surface area contributed by atoms with E-state index in [1.165, 1.54) is 11.4 Å². The zero-order valence-corrected chi connectivity index (χ0v) is 7.80. The van der Waals surface area contributed by atoms with Crippen LogP contribution in [0.5, 0.6) is 0 Å². The van der Waals surface area contributed by atoms with Crippen molar-refractivity contribution in [2.24, 2.45) is 5.84 Å². The van der Waals surface area contributed by atoms with Gasteiger partial charge in [-0.05, 0) is 11.4 Å². The van der Waals surface area contributed by atoms with Gasteiger partial charge in [-0.3, -0.25) is 5.84 Å². The molecule has 0 fully saturated rings. The molecular weight excluding hydrogens is 225 g/mol. The van der Waals surface area contributed by atoms with E-state index in [0.29, 0.717) is 0 Å². The highest BCUT2D eigenvalue weighted by Crippen LogP contribution is 2.38. The summed E-state index contributed by atoms with van der Waals surface area (Å²) in [5, 5.41) is 1.55. The molecule has 1 aromatic heterocycles. The predicted octanol–water partition coefficient (Wildman–Crippen LogP) is 2.47. The molecular formula is C6H6ClF3N2S. The summed E-state index contributed by atoms with van der Waals surface area (Å²) in [6, 6.07) is -0.488. The minimum absolute atomic E-state index is 0.0170. The van der Waals surface area contributed by atoms with Crippen LogP contribution in [-0.4, -0.2) is 6.18 Å². The Kier molecular flexibility index (Phi) is 3.18. The Morgan fingerprint density at radius 1 is 1.54 bits per heavy atom. The van der Waals surface area contributed by atoms with Crippen LogP contribution in [0.2, 0.25) is 5.02 Å². The molecule has 0 aliphatic carbocycles. The van der Waals surface area contributed by atoms with Crippen molar-refractivity contribution in [1.29, 1.82) is 0 Å². The van der Waals surface area contributed by atoms with Gasteiger partial charge in [0.1, 0.15) is 0 Å². The molecule has 1 aromatic rings. The number of nitrogens with two attached hydrogens (primary N) is 1. The first-order valence-electron chi connectivity index (χ1n) is 3.22. The van der Waals surface area contributed by atoms with Crippen molar-refractivity contribution in [2.45, 2.75) is 12.2 Å². The highest BCUT2D eigenvalue weighted by Gasteiger charge is 2.41. The molecule has 13 heavy (non-hydrogen) atoms. The van der Waals surface area contributed by atoms with Gasteiger partial charge in [-0.25, -0.2) is 5.43 Å². The molecule has 0 aliphatic heterocycles. The van der Waals surface area contributed by atoms with Gasteiger partial charge in [-0.1, -0.05) is 11.6 Å². The van der Waals surface area contributed by atoms with Gasteiger partial charge in [0.05, 0.1) is 9.90 Å². The number of hydrogen-bond donors (Lipinski definition) is 2.